The summed E-state index contributed by atoms with van der Waals surface area (Å²) >= 11 is 6.54. The number of nitrogens with one attached hydrogen (secondary N) is 1. The predicted octanol–water partition coefficient (Wildman–Crippen LogP) is 4.49. The highest BCUT2D eigenvalue weighted by molar-refractivity contribution is 9.10. The molecule has 0 atom stereocenters. The number of aromatic nitrogens is 1. The Labute approximate surface area is 109 Å². The molecule has 2 aromatic rings. The Bertz CT molecular complexity index is 517. The maximum Gasteiger partial charge on any atom is 0.146 e. The molecule has 0 bridgehead atoms. The van der Waals surface area contributed by atoms with E-state index >= 15 is 0 Å². The van der Waals surface area contributed by atoms with Gasteiger partial charge in [-0.05, 0) is 46.3 Å². The van der Waals surface area contributed by atoms with Crippen LogP contribution in [0.1, 0.15) is 0 Å². The molecule has 0 saturated heterocycles. The van der Waals surface area contributed by atoms with E-state index in [2.05, 4.69) is 42.2 Å². The number of anilines is 2. The fourth-order valence-corrected chi connectivity index (χ4v) is 1.91. The first kappa shape index (κ1) is 11.5. The molecule has 0 aliphatic carbocycles. The maximum atomic E-state index is 13.4. The topological polar surface area (TPSA) is 24.9 Å². The molecule has 2 nitrogen and oxygen atoms in total. The van der Waals surface area contributed by atoms with Gasteiger partial charge in [0, 0.05) is 4.47 Å². The third-order valence-electron chi connectivity index (χ3n) is 1.91. The van der Waals surface area contributed by atoms with E-state index in [-0.39, 0.29) is 5.82 Å². The van der Waals surface area contributed by atoms with Gasteiger partial charge >= 0.3 is 0 Å². The second-order valence-corrected chi connectivity index (χ2v) is 4.82. The predicted molar refractivity (Wildman–Crippen MR) is 69.3 cm³/mol. The number of hydrogen-bond donors (Lipinski definition) is 1. The molecule has 0 fully saturated rings. The van der Waals surface area contributed by atoms with E-state index in [1.54, 1.807) is 18.2 Å². The summed E-state index contributed by atoms with van der Waals surface area (Å²) in [5.41, 5.74) is 0.389. The number of nitrogens with zero attached hydrogens (tertiary/aromatic N) is 1. The van der Waals surface area contributed by atoms with Gasteiger partial charge < -0.3 is 5.32 Å². The van der Waals surface area contributed by atoms with Crippen LogP contribution in [0.2, 0.25) is 0 Å². The first-order valence-electron chi connectivity index (χ1n) is 4.50. The number of hydrogen-bond acceptors (Lipinski definition) is 2. The van der Waals surface area contributed by atoms with Crippen molar-refractivity contribution in [2.75, 3.05) is 5.32 Å². The van der Waals surface area contributed by atoms with E-state index in [4.69, 9.17) is 0 Å². The van der Waals surface area contributed by atoms with Gasteiger partial charge in [-0.25, -0.2) is 9.37 Å². The third-order valence-corrected chi connectivity index (χ3v) is 2.84. The normalized spacial score (nSPS) is 10.2. The molecule has 0 radical (unpaired) electrons. The molecule has 0 saturated carbocycles. The van der Waals surface area contributed by atoms with Gasteiger partial charge in [-0.15, -0.1) is 0 Å². The average molecular weight is 346 g/mol. The summed E-state index contributed by atoms with van der Waals surface area (Å²) in [5.74, 6) is 0.274. The molecular weight excluding hydrogens is 339 g/mol. The van der Waals surface area contributed by atoms with E-state index in [0.29, 0.717) is 16.1 Å². The van der Waals surface area contributed by atoms with Gasteiger partial charge in [0.15, 0.2) is 0 Å². The van der Waals surface area contributed by atoms with Crippen molar-refractivity contribution in [3.63, 3.8) is 0 Å². The highest BCUT2D eigenvalue weighted by Gasteiger charge is 2.03. The summed E-state index contributed by atoms with van der Waals surface area (Å²) in [4.78, 5) is 4.16. The molecular formula is C11H7Br2FN2. The number of halogens is 3. The lowest BCUT2D eigenvalue weighted by atomic mass is 10.3. The van der Waals surface area contributed by atoms with E-state index in [9.17, 15) is 4.39 Å². The molecule has 1 N–H and O–H groups in total. The number of pyridine rings is 1. The lowest BCUT2D eigenvalue weighted by molar-refractivity contribution is 0.631. The largest absolute Gasteiger partial charge is 0.338 e. The Kier molecular flexibility index (Phi) is 3.56. The Balaban J connectivity index is 2.30. The Morgan fingerprint density at radius 3 is 2.69 bits per heavy atom. The van der Waals surface area contributed by atoms with Gasteiger partial charge in [0.1, 0.15) is 16.2 Å². The van der Waals surface area contributed by atoms with Crippen molar-refractivity contribution in [3.05, 3.63) is 51.3 Å². The fraction of sp³-hybridized carbons (Fsp3) is 0. The highest BCUT2D eigenvalue weighted by atomic mass is 79.9. The third kappa shape index (κ3) is 2.80. The second kappa shape index (κ2) is 4.93. The van der Waals surface area contributed by atoms with Crippen molar-refractivity contribution < 1.29 is 4.39 Å². The molecule has 0 aliphatic rings. The van der Waals surface area contributed by atoms with Crippen molar-refractivity contribution in [2.45, 2.75) is 0 Å². The Morgan fingerprint density at radius 2 is 1.94 bits per heavy atom. The maximum absolute atomic E-state index is 13.4. The van der Waals surface area contributed by atoms with Gasteiger partial charge in [-0.3, -0.25) is 0 Å². The Morgan fingerprint density at radius 1 is 1.12 bits per heavy atom. The van der Waals surface area contributed by atoms with Gasteiger partial charge in [0.05, 0.1) is 5.69 Å². The van der Waals surface area contributed by atoms with E-state index in [1.165, 1.54) is 6.07 Å². The summed E-state index contributed by atoms with van der Waals surface area (Å²) in [7, 11) is 0. The summed E-state index contributed by atoms with van der Waals surface area (Å²) in [6.07, 6.45) is 0. The lowest BCUT2D eigenvalue weighted by Gasteiger charge is -2.07. The van der Waals surface area contributed by atoms with E-state index in [0.717, 1.165) is 4.47 Å². The number of benzene rings is 1. The minimum Gasteiger partial charge on any atom is -0.338 e. The quantitative estimate of drug-likeness (QED) is 0.811. The zero-order chi connectivity index (χ0) is 11.5. The van der Waals surface area contributed by atoms with Gasteiger partial charge in [-0.2, -0.15) is 0 Å². The van der Waals surface area contributed by atoms with Crippen molar-refractivity contribution in [1.82, 2.24) is 4.98 Å². The summed E-state index contributed by atoms with van der Waals surface area (Å²) < 4.78 is 14.9. The highest BCUT2D eigenvalue weighted by Crippen LogP contribution is 2.23. The first-order valence-corrected chi connectivity index (χ1v) is 6.08. The molecule has 0 amide bonds. The van der Waals surface area contributed by atoms with E-state index in [1.807, 2.05) is 12.1 Å². The molecule has 82 valence electrons. The van der Waals surface area contributed by atoms with Crippen LogP contribution in [0.5, 0.6) is 0 Å². The van der Waals surface area contributed by atoms with Crippen molar-refractivity contribution >= 4 is 43.4 Å². The van der Waals surface area contributed by atoms with Crippen LogP contribution in [0.25, 0.3) is 0 Å². The molecule has 2 rings (SSSR count). The minimum absolute atomic E-state index is 0.315. The van der Waals surface area contributed by atoms with Gasteiger partial charge in [0.2, 0.25) is 0 Å². The van der Waals surface area contributed by atoms with Crippen LogP contribution in [-0.4, -0.2) is 4.98 Å². The average Bonchev–Trinajstić information content (AvgIpc) is 2.24. The van der Waals surface area contributed by atoms with Crippen LogP contribution in [0.3, 0.4) is 0 Å². The van der Waals surface area contributed by atoms with Crippen molar-refractivity contribution in [2.24, 2.45) is 0 Å². The molecule has 1 heterocycles. The lowest BCUT2D eigenvalue weighted by Crippen LogP contribution is -1.96. The van der Waals surface area contributed by atoms with Gasteiger partial charge in [-0.1, -0.05) is 22.0 Å². The molecule has 16 heavy (non-hydrogen) atoms. The SMILES string of the molecule is Fc1ccc(Br)cc1Nc1cccc(Br)n1. The summed E-state index contributed by atoms with van der Waals surface area (Å²) in [6, 6.07) is 10.1. The van der Waals surface area contributed by atoms with Gasteiger partial charge in [0.25, 0.3) is 0 Å². The molecule has 1 aromatic carbocycles. The number of rotatable bonds is 2. The molecule has 0 unspecified atom stereocenters. The van der Waals surface area contributed by atoms with E-state index < -0.39 is 0 Å². The molecule has 1 aromatic heterocycles. The van der Waals surface area contributed by atoms with Crippen LogP contribution in [0.15, 0.2) is 45.5 Å². The van der Waals surface area contributed by atoms with Crippen molar-refractivity contribution in [3.8, 4) is 0 Å². The van der Waals surface area contributed by atoms with Crippen LogP contribution in [-0.2, 0) is 0 Å². The molecule has 5 heteroatoms. The molecule has 0 aliphatic heterocycles. The zero-order valence-electron chi connectivity index (χ0n) is 8.05. The first-order chi connectivity index (χ1) is 7.65. The standard InChI is InChI=1S/C11H7Br2FN2/c12-7-4-5-8(14)9(6-7)15-11-3-1-2-10(13)16-11/h1-6H,(H,15,16). The van der Waals surface area contributed by atoms with Crippen LogP contribution in [0.4, 0.5) is 15.9 Å². The van der Waals surface area contributed by atoms with Crippen LogP contribution in [0, 0.1) is 5.82 Å². The summed E-state index contributed by atoms with van der Waals surface area (Å²) in [6.45, 7) is 0. The van der Waals surface area contributed by atoms with Crippen LogP contribution >= 0.6 is 31.9 Å². The van der Waals surface area contributed by atoms with Crippen LogP contribution < -0.4 is 5.32 Å². The second-order valence-electron chi connectivity index (χ2n) is 3.09. The smallest absolute Gasteiger partial charge is 0.146 e. The Hall–Kier alpha value is -0.940. The van der Waals surface area contributed by atoms with Crippen molar-refractivity contribution in [1.29, 1.82) is 0 Å². The minimum atomic E-state index is -0.315. The fourth-order valence-electron chi connectivity index (χ4n) is 1.21. The monoisotopic (exact) mass is 344 g/mol. The molecule has 0 spiro atoms. The summed E-state index contributed by atoms with van der Waals surface area (Å²) in [5, 5.41) is 2.91. The zero-order valence-corrected chi connectivity index (χ0v) is 11.2.